The van der Waals surface area contributed by atoms with Crippen LogP contribution in [0.2, 0.25) is 0 Å². The fourth-order valence-corrected chi connectivity index (χ4v) is 1.80. The van der Waals surface area contributed by atoms with Gasteiger partial charge in [-0.05, 0) is 26.2 Å². The van der Waals surface area contributed by atoms with Gasteiger partial charge >= 0.3 is 5.97 Å². The molecule has 0 fully saturated rings. The van der Waals surface area contributed by atoms with Crippen LogP contribution in [0.1, 0.15) is 32.6 Å². The van der Waals surface area contributed by atoms with Gasteiger partial charge in [-0.3, -0.25) is 0 Å². The first-order valence-electron chi connectivity index (χ1n) is 5.59. The number of hydrogen-bond acceptors (Lipinski definition) is 2. The van der Waals surface area contributed by atoms with Gasteiger partial charge in [-0.15, -0.1) is 11.6 Å². The summed E-state index contributed by atoms with van der Waals surface area (Å²) >= 11 is 12.3. The highest BCUT2D eigenvalue weighted by Crippen LogP contribution is 2.21. The van der Waals surface area contributed by atoms with Crippen molar-refractivity contribution in [2.75, 3.05) is 17.8 Å². The quantitative estimate of drug-likeness (QED) is 0.453. The number of halogens is 3. The molecular weight excluding hydrogens is 375 g/mol. The minimum Gasteiger partial charge on any atom is -0.479 e. The van der Waals surface area contributed by atoms with Gasteiger partial charge in [-0.2, -0.15) is 0 Å². The molecule has 0 aromatic carbocycles. The Hall–Kier alpha value is 0.680. The van der Waals surface area contributed by atoms with E-state index in [0.717, 1.165) is 24.6 Å². The molecule has 3 nitrogen and oxygen atoms in total. The zero-order valence-electron chi connectivity index (χ0n) is 9.92. The summed E-state index contributed by atoms with van der Waals surface area (Å²) < 4.78 is 5.51. The van der Waals surface area contributed by atoms with E-state index >= 15 is 0 Å². The van der Waals surface area contributed by atoms with Crippen LogP contribution in [-0.2, 0) is 9.53 Å². The van der Waals surface area contributed by atoms with Crippen LogP contribution in [-0.4, -0.2) is 39.3 Å². The molecule has 17 heavy (non-hydrogen) atoms. The Morgan fingerprint density at radius 3 is 2.59 bits per heavy atom. The Bertz CT molecular complexity index is 229. The molecular formula is C11H19Br2ClO3. The smallest absolute Gasteiger partial charge is 0.335 e. The van der Waals surface area contributed by atoms with Crippen LogP contribution >= 0.6 is 43.5 Å². The van der Waals surface area contributed by atoms with Crippen LogP contribution in [0.15, 0.2) is 0 Å². The molecule has 6 heteroatoms. The third-order valence-corrected chi connectivity index (χ3v) is 5.00. The first-order valence-corrected chi connectivity index (χ1v) is 8.16. The fourth-order valence-electron chi connectivity index (χ4n) is 1.29. The Balaban J connectivity index is 4.12. The van der Waals surface area contributed by atoms with Crippen LogP contribution in [0.4, 0.5) is 0 Å². The van der Waals surface area contributed by atoms with Crippen LogP contribution in [0.25, 0.3) is 0 Å². The number of ether oxygens (including phenoxy) is 1. The molecule has 1 N–H and O–H groups in total. The SMILES string of the molecule is CC(CCCCCCl)(OCC(Br)CBr)C(=O)O. The molecule has 0 aliphatic carbocycles. The van der Waals surface area contributed by atoms with E-state index in [2.05, 4.69) is 31.9 Å². The largest absolute Gasteiger partial charge is 0.479 e. The third kappa shape index (κ3) is 7.65. The number of aliphatic carboxylic acids is 1. The predicted octanol–water partition coefficient (Wildman–Crippen LogP) is 3.80. The fraction of sp³-hybridized carbons (Fsp3) is 0.909. The molecule has 0 aliphatic rings. The highest BCUT2D eigenvalue weighted by Gasteiger charge is 2.33. The van der Waals surface area contributed by atoms with Gasteiger partial charge in [0.1, 0.15) is 0 Å². The van der Waals surface area contributed by atoms with Crippen molar-refractivity contribution in [1.82, 2.24) is 0 Å². The van der Waals surface area contributed by atoms with Crippen molar-refractivity contribution in [3.05, 3.63) is 0 Å². The molecule has 0 saturated heterocycles. The van der Waals surface area contributed by atoms with E-state index < -0.39 is 11.6 Å². The second-order valence-corrected chi connectivity index (χ2v) is 6.42. The van der Waals surface area contributed by atoms with E-state index in [1.165, 1.54) is 0 Å². The maximum absolute atomic E-state index is 11.2. The highest BCUT2D eigenvalue weighted by molar-refractivity contribution is 9.12. The van der Waals surface area contributed by atoms with E-state index in [-0.39, 0.29) is 4.83 Å². The lowest BCUT2D eigenvalue weighted by Crippen LogP contribution is -2.40. The van der Waals surface area contributed by atoms with E-state index in [9.17, 15) is 9.90 Å². The van der Waals surface area contributed by atoms with E-state index in [4.69, 9.17) is 16.3 Å². The average Bonchev–Trinajstić information content (AvgIpc) is 2.31. The van der Waals surface area contributed by atoms with Crippen molar-refractivity contribution < 1.29 is 14.6 Å². The van der Waals surface area contributed by atoms with Gasteiger partial charge in [-0.1, -0.05) is 38.3 Å². The molecule has 0 bridgehead atoms. The maximum Gasteiger partial charge on any atom is 0.335 e. The van der Waals surface area contributed by atoms with Gasteiger partial charge in [-0.25, -0.2) is 4.79 Å². The number of alkyl halides is 3. The first-order chi connectivity index (χ1) is 7.96. The molecule has 0 aliphatic heterocycles. The van der Waals surface area contributed by atoms with Crippen molar-refractivity contribution >= 4 is 49.4 Å². The second-order valence-electron chi connectivity index (χ2n) is 4.10. The number of carboxylic acid groups (broad SMARTS) is 1. The number of unbranched alkanes of at least 4 members (excludes halogenated alkanes) is 2. The summed E-state index contributed by atoms with van der Waals surface area (Å²) in [6.07, 6.45) is 3.18. The van der Waals surface area contributed by atoms with Gasteiger partial charge in [0, 0.05) is 16.0 Å². The van der Waals surface area contributed by atoms with Gasteiger partial charge in [0.15, 0.2) is 5.60 Å². The second kappa shape index (κ2) is 9.59. The summed E-state index contributed by atoms with van der Waals surface area (Å²) in [5.41, 5.74) is -1.10. The Morgan fingerprint density at radius 2 is 2.12 bits per heavy atom. The van der Waals surface area contributed by atoms with E-state index in [1.54, 1.807) is 6.92 Å². The van der Waals surface area contributed by atoms with Crippen LogP contribution in [0, 0.1) is 0 Å². The zero-order chi connectivity index (χ0) is 13.3. The molecule has 2 unspecified atom stereocenters. The van der Waals surface area contributed by atoms with Crippen LogP contribution < -0.4 is 0 Å². The van der Waals surface area contributed by atoms with Crippen molar-refractivity contribution in [2.45, 2.75) is 43.0 Å². The molecule has 102 valence electrons. The Morgan fingerprint density at radius 1 is 1.47 bits per heavy atom. The summed E-state index contributed by atoms with van der Waals surface area (Å²) in [5.74, 6) is -0.282. The van der Waals surface area contributed by atoms with E-state index in [0.29, 0.717) is 18.9 Å². The Kier molecular flexibility index (Phi) is 9.97. The predicted molar refractivity (Wildman–Crippen MR) is 77.7 cm³/mol. The minimum atomic E-state index is -1.10. The molecule has 0 spiro atoms. The lowest BCUT2D eigenvalue weighted by molar-refractivity contribution is -0.164. The minimum absolute atomic E-state index is 0.129. The summed E-state index contributed by atoms with van der Waals surface area (Å²) in [6.45, 7) is 2.01. The standard InChI is InChI=1S/C11H19Br2ClO3/c1-11(10(15)16,5-3-2-4-6-14)17-8-9(13)7-12/h9H,2-8H2,1H3,(H,15,16). The van der Waals surface area contributed by atoms with E-state index in [1.807, 2.05) is 0 Å². The molecule has 0 heterocycles. The van der Waals surface area contributed by atoms with Crippen molar-refractivity contribution in [2.24, 2.45) is 0 Å². The van der Waals surface area contributed by atoms with Crippen molar-refractivity contribution in [3.8, 4) is 0 Å². The molecule has 0 aromatic rings. The highest BCUT2D eigenvalue weighted by atomic mass is 79.9. The molecule has 0 radical (unpaired) electrons. The van der Waals surface area contributed by atoms with Crippen molar-refractivity contribution in [1.29, 1.82) is 0 Å². The van der Waals surface area contributed by atoms with Gasteiger partial charge in [0.05, 0.1) is 6.61 Å². The lowest BCUT2D eigenvalue weighted by Gasteiger charge is -2.26. The molecule has 0 saturated carbocycles. The summed E-state index contributed by atoms with van der Waals surface area (Å²) in [7, 11) is 0. The number of carbonyl (C=O) groups is 1. The van der Waals surface area contributed by atoms with Gasteiger partial charge in [0.2, 0.25) is 0 Å². The monoisotopic (exact) mass is 392 g/mol. The summed E-state index contributed by atoms with van der Waals surface area (Å²) in [6, 6.07) is 0. The molecule has 0 amide bonds. The third-order valence-electron chi connectivity index (χ3n) is 2.49. The zero-order valence-corrected chi connectivity index (χ0v) is 13.9. The van der Waals surface area contributed by atoms with Crippen molar-refractivity contribution in [3.63, 3.8) is 0 Å². The number of hydrogen-bond donors (Lipinski definition) is 1. The molecule has 2 atom stereocenters. The Labute approximate surface area is 124 Å². The van der Waals surface area contributed by atoms with Crippen LogP contribution in [0.3, 0.4) is 0 Å². The lowest BCUT2D eigenvalue weighted by atomic mass is 9.98. The van der Waals surface area contributed by atoms with Gasteiger partial charge in [0.25, 0.3) is 0 Å². The maximum atomic E-state index is 11.2. The summed E-state index contributed by atoms with van der Waals surface area (Å²) in [5, 5.41) is 9.93. The van der Waals surface area contributed by atoms with Gasteiger partial charge < -0.3 is 9.84 Å². The topological polar surface area (TPSA) is 46.5 Å². The normalized spacial score (nSPS) is 16.5. The first kappa shape index (κ1) is 17.7. The molecule has 0 rings (SSSR count). The average molecular weight is 395 g/mol. The number of carboxylic acids is 1. The number of rotatable bonds is 10. The summed E-state index contributed by atoms with van der Waals surface area (Å²) in [4.78, 5) is 11.3. The molecule has 0 aromatic heterocycles. The van der Waals surface area contributed by atoms with Crippen LogP contribution in [0.5, 0.6) is 0 Å².